The molecule has 1 aromatic rings. The lowest BCUT2D eigenvalue weighted by atomic mass is 10.1. The summed E-state index contributed by atoms with van der Waals surface area (Å²) >= 11 is 5.78. The Kier molecular flexibility index (Phi) is 1.93. The maximum absolute atomic E-state index is 11.2. The van der Waals surface area contributed by atoms with Crippen LogP contribution in [0.4, 0.5) is 0 Å². The van der Waals surface area contributed by atoms with Gasteiger partial charge in [0.15, 0.2) is 0 Å². The predicted octanol–water partition coefficient (Wildman–Crippen LogP) is 1.64. The van der Waals surface area contributed by atoms with E-state index in [0.29, 0.717) is 0 Å². The van der Waals surface area contributed by atoms with Crippen LogP contribution in [0.2, 0.25) is 5.02 Å². The Morgan fingerprint density at radius 3 is 2.86 bits per heavy atom. The Balaban J connectivity index is 2.62. The van der Waals surface area contributed by atoms with Crippen molar-refractivity contribution in [1.29, 1.82) is 0 Å². The number of aliphatic carboxylic acids is 1. The molecule has 0 aromatic heterocycles. The molecule has 0 fully saturated rings. The van der Waals surface area contributed by atoms with Gasteiger partial charge in [-0.05, 0) is 12.1 Å². The van der Waals surface area contributed by atoms with Crippen LogP contribution in [0.1, 0.15) is 22.0 Å². The van der Waals surface area contributed by atoms with E-state index in [4.69, 9.17) is 16.7 Å². The van der Waals surface area contributed by atoms with Crippen LogP contribution in [-0.2, 0) is 9.53 Å². The lowest BCUT2D eigenvalue weighted by Gasteiger charge is -2.04. The lowest BCUT2D eigenvalue weighted by Crippen LogP contribution is -2.11. The zero-order valence-corrected chi connectivity index (χ0v) is 7.62. The summed E-state index contributed by atoms with van der Waals surface area (Å²) in [5.74, 6) is -1.86. The number of carboxylic acids is 1. The van der Waals surface area contributed by atoms with Gasteiger partial charge in [-0.2, -0.15) is 0 Å². The molecule has 1 aliphatic heterocycles. The van der Waals surface area contributed by atoms with Crippen LogP contribution in [-0.4, -0.2) is 17.0 Å². The summed E-state index contributed by atoms with van der Waals surface area (Å²) in [5.41, 5.74) is 0.469. The summed E-state index contributed by atoms with van der Waals surface area (Å²) in [7, 11) is 0. The van der Waals surface area contributed by atoms with Crippen molar-refractivity contribution >= 4 is 23.5 Å². The monoisotopic (exact) mass is 212 g/mol. The number of fused-ring (bicyclic) bond motifs is 1. The van der Waals surface area contributed by atoms with E-state index in [2.05, 4.69) is 4.74 Å². The van der Waals surface area contributed by atoms with Crippen LogP contribution in [0.25, 0.3) is 0 Å². The van der Waals surface area contributed by atoms with E-state index in [-0.39, 0.29) is 16.1 Å². The Morgan fingerprint density at radius 1 is 1.50 bits per heavy atom. The first-order valence-corrected chi connectivity index (χ1v) is 4.21. The van der Waals surface area contributed by atoms with E-state index in [1.807, 2.05) is 0 Å². The van der Waals surface area contributed by atoms with Crippen LogP contribution in [0, 0.1) is 0 Å². The zero-order valence-electron chi connectivity index (χ0n) is 6.86. The van der Waals surface area contributed by atoms with Crippen LogP contribution >= 0.6 is 11.6 Å². The van der Waals surface area contributed by atoms with Crippen molar-refractivity contribution < 1.29 is 19.4 Å². The number of hydrogen-bond donors (Lipinski definition) is 1. The molecule has 1 atom stereocenters. The maximum atomic E-state index is 11.2. The van der Waals surface area contributed by atoms with Gasteiger partial charge >= 0.3 is 11.9 Å². The molecule has 0 saturated carbocycles. The quantitative estimate of drug-likeness (QED) is 0.719. The summed E-state index contributed by atoms with van der Waals surface area (Å²) in [6.07, 6.45) is -1.27. The fourth-order valence-electron chi connectivity index (χ4n) is 1.38. The second-order valence-corrected chi connectivity index (χ2v) is 3.23. The number of rotatable bonds is 1. The van der Waals surface area contributed by atoms with E-state index >= 15 is 0 Å². The topological polar surface area (TPSA) is 63.6 Å². The summed E-state index contributed by atoms with van der Waals surface area (Å²) in [6, 6.07) is 4.59. The minimum atomic E-state index is -1.27. The number of carbonyl (C=O) groups is 2. The average molecular weight is 213 g/mol. The highest BCUT2D eigenvalue weighted by atomic mass is 35.5. The third-order valence-electron chi connectivity index (χ3n) is 1.98. The van der Waals surface area contributed by atoms with Crippen LogP contribution < -0.4 is 0 Å². The molecule has 0 bridgehead atoms. The number of carboxylic acid groups (broad SMARTS) is 1. The number of cyclic esters (lactones) is 1. The molecule has 1 N–H and O–H groups in total. The van der Waals surface area contributed by atoms with E-state index in [0.717, 1.165) is 0 Å². The van der Waals surface area contributed by atoms with Gasteiger partial charge in [0.1, 0.15) is 0 Å². The van der Waals surface area contributed by atoms with Crippen molar-refractivity contribution in [2.45, 2.75) is 6.10 Å². The molecular formula is C9H5ClO4. The molecule has 0 saturated heterocycles. The van der Waals surface area contributed by atoms with Crippen LogP contribution in [0.3, 0.4) is 0 Å². The summed E-state index contributed by atoms with van der Waals surface area (Å²) < 4.78 is 4.65. The largest absolute Gasteiger partial charge is 0.478 e. The smallest absolute Gasteiger partial charge is 0.349 e. The first-order valence-electron chi connectivity index (χ1n) is 3.83. The van der Waals surface area contributed by atoms with Gasteiger partial charge in [0.05, 0.1) is 5.56 Å². The predicted molar refractivity (Wildman–Crippen MR) is 47.2 cm³/mol. The SMILES string of the molecule is O=C1OC(C(=O)O)c2c(Cl)cccc21. The van der Waals surface area contributed by atoms with Crippen LogP contribution in [0.15, 0.2) is 18.2 Å². The average Bonchev–Trinajstić information content (AvgIpc) is 2.46. The number of carbonyl (C=O) groups excluding carboxylic acids is 1. The van der Waals surface area contributed by atoms with E-state index < -0.39 is 18.0 Å². The maximum Gasteiger partial charge on any atom is 0.349 e. The molecule has 14 heavy (non-hydrogen) atoms. The normalized spacial score (nSPS) is 18.9. The first kappa shape index (κ1) is 9.02. The standard InChI is InChI=1S/C9H5ClO4/c10-5-3-1-2-4-6(5)7(8(11)12)14-9(4)13/h1-3,7H,(H,11,12). The number of ether oxygens (including phenoxy) is 1. The summed E-state index contributed by atoms with van der Waals surface area (Å²) in [6.45, 7) is 0. The molecule has 0 aliphatic carbocycles. The first-order chi connectivity index (χ1) is 6.61. The number of hydrogen-bond acceptors (Lipinski definition) is 3. The van der Waals surface area contributed by atoms with Crippen LogP contribution in [0.5, 0.6) is 0 Å². The lowest BCUT2D eigenvalue weighted by molar-refractivity contribution is -0.146. The van der Waals surface area contributed by atoms with E-state index in [9.17, 15) is 9.59 Å². The van der Waals surface area contributed by atoms with Gasteiger partial charge < -0.3 is 9.84 Å². The van der Waals surface area contributed by atoms with Crippen molar-refractivity contribution in [3.63, 3.8) is 0 Å². The highest BCUT2D eigenvalue weighted by molar-refractivity contribution is 6.32. The van der Waals surface area contributed by atoms with Crippen molar-refractivity contribution in [1.82, 2.24) is 0 Å². The van der Waals surface area contributed by atoms with Gasteiger partial charge in [0.2, 0.25) is 6.10 Å². The number of benzene rings is 1. The Morgan fingerprint density at radius 2 is 2.21 bits per heavy atom. The fraction of sp³-hybridized carbons (Fsp3) is 0.111. The van der Waals surface area contributed by atoms with Crippen molar-refractivity contribution in [3.05, 3.63) is 34.3 Å². The van der Waals surface area contributed by atoms with Crippen molar-refractivity contribution in [3.8, 4) is 0 Å². The second kappa shape index (κ2) is 2.99. The third kappa shape index (κ3) is 1.15. The van der Waals surface area contributed by atoms with E-state index in [1.54, 1.807) is 6.07 Å². The minimum absolute atomic E-state index is 0.227. The summed E-state index contributed by atoms with van der Waals surface area (Å²) in [4.78, 5) is 21.9. The Labute approximate surface area is 84.1 Å². The molecule has 72 valence electrons. The van der Waals surface area contributed by atoms with Gasteiger partial charge in [-0.15, -0.1) is 0 Å². The highest BCUT2D eigenvalue weighted by Crippen LogP contribution is 2.35. The molecule has 1 unspecified atom stereocenters. The van der Waals surface area contributed by atoms with Gasteiger partial charge in [-0.1, -0.05) is 17.7 Å². The molecular weight excluding hydrogens is 208 g/mol. The molecule has 1 aliphatic rings. The third-order valence-corrected chi connectivity index (χ3v) is 2.31. The fourth-order valence-corrected chi connectivity index (χ4v) is 1.66. The van der Waals surface area contributed by atoms with Gasteiger partial charge in [-0.25, -0.2) is 9.59 Å². The van der Waals surface area contributed by atoms with Crippen molar-refractivity contribution in [2.75, 3.05) is 0 Å². The van der Waals surface area contributed by atoms with Gasteiger partial charge in [0.25, 0.3) is 0 Å². The van der Waals surface area contributed by atoms with Gasteiger partial charge in [-0.3, -0.25) is 0 Å². The molecule has 5 heteroatoms. The molecule has 0 radical (unpaired) electrons. The Hall–Kier alpha value is -1.55. The second-order valence-electron chi connectivity index (χ2n) is 2.82. The molecule has 4 nitrogen and oxygen atoms in total. The Bertz CT molecular complexity index is 427. The minimum Gasteiger partial charge on any atom is -0.478 e. The van der Waals surface area contributed by atoms with Gasteiger partial charge in [0, 0.05) is 10.6 Å². The molecule has 0 amide bonds. The molecule has 2 rings (SSSR count). The number of esters is 1. The molecule has 1 heterocycles. The zero-order chi connectivity index (χ0) is 10.3. The van der Waals surface area contributed by atoms with E-state index in [1.165, 1.54) is 12.1 Å². The summed E-state index contributed by atoms with van der Waals surface area (Å²) in [5, 5.41) is 9.00. The number of halogens is 1. The van der Waals surface area contributed by atoms with Crippen molar-refractivity contribution in [2.24, 2.45) is 0 Å². The highest BCUT2D eigenvalue weighted by Gasteiger charge is 2.37. The molecule has 1 aromatic carbocycles. The molecule has 0 spiro atoms.